The van der Waals surface area contributed by atoms with Crippen LogP contribution in [0.1, 0.15) is 5.56 Å². The zero-order valence-electron chi connectivity index (χ0n) is 24.9. The largest absolute Gasteiger partial charge is 0.319 e. The quantitative estimate of drug-likeness (QED) is 0.179. The summed E-state index contributed by atoms with van der Waals surface area (Å²) in [5.74, 6) is 0. The second-order valence-electron chi connectivity index (χ2n) is 11.9. The van der Waals surface area contributed by atoms with Gasteiger partial charge in [-0.1, -0.05) is 91.0 Å². The standard InChI is InChI=1S/C42H22N4S/c1-44-32-23-37(45-34-16-8-5-14-31(34)41-36(45)21-19-29-28-12-6-9-17-39(28)47-42(29)41)26(24-43)22-38(32)46-33-15-7-4-13-30(33)40-27-11-3-2-10-25(27)18-20-35(40)46/h2-23H. The molecule has 0 bridgehead atoms. The van der Waals surface area contributed by atoms with Crippen LogP contribution < -0.4 is 0 Å². The van der Waals surface area contributed by atoms with Crippen molar-refractivity contribution in [1.29, 1.82) is 5.26 Å². The number of thiophene rings is 1. The van der Waals surface area contributed by atoms with E-state index in [4.69, 9.17) is 6.57 Å². The average molecular weight is 615 g/mol. The Labute approximate surface area is 273 Å². The Kier molecular flexibility index (Phi) is 5.26. The van der Waals surface area contributed by atoms with Gasteiger partial charge < -0.3 is 9.13 Å². The van der Waals surface area contributed by atoms with Crippen molar-refractivity contribution in [3.63, 3.8) is 0 Å². The molecule has 0 atom stereocenters. The lowest BCUT2D eigenvalue weighted by atomic mass is 10.0. The summed E-state index contributed by atoms with van der Waals surface area (Å²) in [7, 11) is 0. The van der Waals surface area contributed by atoms with Crippen LogP contribution in [0.3, 0.4) is 0 Å². The molecule has 3 aromatic heterocycles. The van der Waals surface area contributed by atoms with E-state index in [0.29, 0.717) is 22.6 Å². The SMILES string of the molecule is [C-]#[N+]c1cc(-n2c3ccccc3c3c4sc5ccccc5c4ccc32)c(C#N)cc1-n1c2ccccc2c2c3ccccc3ccc21. The van der Waals surface area contributed by atoms with Gasteiger partial charge in [0.25, 0.3) is 0 Å². The molecule has 0 spiro atoms. The van der Waals surface area contributed by atoms with Gasteiger partial charge in [-0.05, 0) is 53.2 Å². The Morgan fingerprint density at radius 3 is 1.94 bits per heavy atom. The lowest BCUT2D eigenvalue weighted by Crippen LogP contribution is -2.01. The molecule has 0 aliphatic rings. The summed E-state index contributed by atoms with van der Waals surface area (Å²) >= 11 is 1.81. The monoisotopic (exact) mass is 614 g/mol. The number of hydrogen-bond donors (Lipinski definition) is 0. The number of fused-ring (bicyclic) bond motifs is 12. The first kappa shape index (κ1) is 25.9. The molecule has 47 heavy (non-hydrogen) atoms. The van der Waals surface area contributed by atoms with E-state index in [-0.39, 0.29) is 0 Å². The zero-order valence-corrected chi connectivity index (χ0v) is 25.7. The van der Waals surface area contributed by atoms with Crippen LogP contribution in [0.15, 0.2) is 133 Å². The first-order chi connectivity index (χ1) is 23.2. The summed E-state index contributed by atoms with van der Waals surface area (Å²) in [6.07, 6.45) is 0. The molecule has 0 N–H and O–H groups in total. The predicted molar refractivity (Wildman–Crippen MR) is 196 cm³/mol. The maximum atomic E-state index is 10.7. The molecule has 10 aromatic rings. The van der Waals surface area contributed by atoms with Crippen molar-refractivity contribution < 1.29 is 0 Å². The zero-order chi connectivity index (χ0) is 31.2. The highest BCUT2D eigenvalue weighted by Crippen LogP contribution is 2.45. The molecule has 0 radical (unpaired) electrons. The smallest absolute Gasteiger partial charge is 0.212 e. The van der Waals surface area contributed by atoms with Crippen molar-refractivity contribution >= 4 is 91.6 Å². The van der Waals surface area contributed by atoms with Crippen LogP contribution in [0.5, 0.6) is 0 Å². The van der Waals surface area contributed by atoms with Crippen LogP contribution in [0.4, 0.5) is 5.69 Å². The fourth-order valence-electron chi connectivity index (χ4n) is 7.60. The minimum atomic E-state index is 0.490. The van der Waals surface area contributed by atoms with Crippen molar-refractivity contribution in [2.24, 2.45) is 0 Å². The van der Waals surface area contributed by atoms with E-state index in [1.807, 2.05) is 24.3 Å². The first-order valence-corrected chi connectivity index (χ1v) is 16.3. The number of benzene rings is 7. The molecular formula is C42H22N4S. The van der Waals surface area contributed by atoms with Crippen molar-refractivity contribution in [2.45, 2.75) is 0 Å². The van der Waals surface area contributed by atoms with E-state index in [1.165, 1.54) is 36.3 Å². The van der Waals surface area contributed by atoms with Gasteiger partial charge in [0.1, 0.15) is 6.07 Å². The van der Waals surface area contributed by atoms with E-state index >= 15 is 0 Å². The molecular weight excluding hydrogens is 593 g/mol. The summed E-state index contributed by atoms with van der Waals surface area (Å²) in [5.41, 5.74) is 6.46. The number of rotatable bonds is 2. The van der Waals surface area contributed by atoms with Crippen LogP contribution >= 0.6 is 11.3 Å². The van der Waals surface area contributed by atoms with Crippen LogP contribution in [0, 0.1) is 17.9 Å². The molecule has 4 nitrogen and oxygen atoms in total. The number of nitrogens with zero attached hydrogens (tertiary/aromatic N) is 4. The van der Waals surface area contributed by atoms with Gasteiger partial charge in [0.05, 0.1) is 45.6 Å². The Hall–Kier alpha value is -6.40. The van der Waals surface area contributed by atoms with Crippen molar-refractivity contribution in [3.05, 3.63) is 150 Å². The van der Waals surface area contributed by atoms with Gasteiger partial charge >= 0.3 is 0 Å². The highest BCUT2D eigenvalue weighted by atomic mass is 32.1. The molecule has 5 heteroatoms. The topological polar surface area (TPSA) is 38.0 Å². The lowest BCUT2D eigenvalue weighted by Gasteiger charge is -2.16. The summed E-state index contributed by atoms with van der Waals surface area (Å²) < 4.78 is 6.81. The molecule has 0 aliphatic heterocycles. The van der Waals surface area contributed by atoms with Gasteiger partial charge in [0.15, 0.2) is 0 Å². The Morgan fingerprint density at radius 1 is 0.553 bits per heavy atom. The summed E-state index contributed by atoms with van der Waals surface area (Å²) in [4.78, 5) is 4.10. The minimum absolute atomic E-state index is 0.490. The number of para-hydroxylation sites is 2. The van der Waals surface area contributed by atoms with E-state index in [2.05, 4.69) is 129 Å². The highest BCUT2D eigenvalue weighted by molar-refractivity contribution is 7.26. The van der Waals surface area contributed by atoms with Crippen molar-refractivity contribution in [2.75, 3.05) is 0 Å². The lowest BCUT2D eigenvalue weighted by molar-refractivity contribution is 1.14. The summed E-state index contributed by atoms with van der Waals surface area (Å²) in [6.45, 7) is 8.40. The molecule has 216 valence electrons. The molecule has 0 saturated heterocycles. The fraction of sp³-hybridized carbons (Fsp3) is 0. The van der Waals surface area contributed by atoms with Gasteiger partial charge in [-0.15, -0.1) is 11.3 Å². The molecule has 3 heterocycles. The van der Waals surface area contributed by atoms with Gasteiger partial charge in [-0.3, -0.25) is 0 Å². The van der Waals surface area contributed by atoms with E-state index in [0.717, 1.165) is 38.2 Å². The molecule has 0 saturated carbocycles. The molecule has 0 aliphatic carbocycles. The summed E-state index contributed by atoms with van der Waals surface area (Å²) in [5, 5.41) is 20.1. The number of aromatic nitrogens is 2. The van der Waals surface area contributed by atoms with Crippen LogP contribution in [-0.4, -0.2) is 9.13 Å². The number of nitriles is 1. The molecule has 0 fully saturated rings. The third-order valence-corrected chi connectivity index (χ3v) is 10.8. The number of hydrogen-bond acceptors (Lipinski definition) is 2. The maximum absolute atomic E-state index is 10.7. The first-order valence-electron chi connectivity index (χ1n) is 15.5. The van der Waals surface area contributed by atoms with E-state index in [1.54, 1.807) is 11.3 Å². The van der Waals surface area contributed by atoms with Gasteiger partial charge in [0, 0.05) is 41.7 Å². The minimum Gasteiger partial charge on any atom is -0.319 e. The second-order valence-corrected chi connectivity index (χ2v) is 13.0. The summed E-state index contributed by atoms with van der Waals surface area (Å²) in [6, 6.07) is 48.6. The van der Waals surface area contributed by atoms with Crippen molar-refractivity contribution in [1.82, 2.24) is 9.13 Å². The maximum Gasteiger partial charge on any atom is 0.212 e. The average Bonchev–Trinajstić information content (AvgIpc) is 3.78. The van der Waals surface area contributed by atoms with E-state index < -0.39 is 0 Å². The van der Waals surface area contributed by atoms with Gasteiger partial charge in [-0.2, -0.15) is 5.26 Å². The third kappa shape index (κ3) is 3.44. The molecule has 0 amide bonds. The van der Waals surface area contributed by atoms with Crippen LogP contribution in [0.25, 0.3) is 90.8 Å². The molecule has 10 rings (SSSR count). The highest BCUT2D eigenvalue weighted by Gasteiger charge is 2.22. The van der Waals surface area contributed by atoms with Crippen LogP contribution in [0.2, 0.25) is 0 Å². The van der Waals surface area contributed by atoms with Gasteiger partial charge in [-0.25, -0.2) is 4.85 Å². The van der Waals surface area contributed by atoms with E-state index in [9.17, 15) is 5.26 Å². The van der Waals surface area contributed by atoms with Gasteiger partial charge in [0.2, 0.25) is 5.69 Å². The predicted octanol–water partition coefficient (Wildman–Crippen LogP) is 11.8. The van der Waals surface area contributed by atoms with Crippen LogP contribution in [-0.2, 0) is 0 Å². The normalized spacial score (nSPS) is 11.8. The third-order valence-electron chi connectivity index (χ3n) is 9.56. The Morgan fingerprint density at radius 2 is 1.17 bits per heavy atom. The Bertz CT molecular complexity index is 3050. The fourth-order valence-corrected chi connectivity index (χ4v) is 8.86. The van der Waals surface area contributed by atoms with Crippen molar-refractivity contribution in [3.8, 4) is 17.4 Å². The molecule has 7 aromatic carbocycles. The Balaban J connectivity index is 1.31. The second kappa shape index (κ2) is 9.55. The molecule has 0 unspecified atom stereocenters.